The summed E-state index contributed by atoms with van der Waals surface area (Å²) < 4.78 is 5.07. The van der Waals surface area contributed by atoms with E-state index >= 15 is 0 Å². The van der Waals surface area contributed by atoms with Crippen LogP contribution >= 0.6 is 0 Å². The third-order valence-electron chi connectivity index (χ3n) is 3.81. The lowest BCUT2D eigenvalue weighted by Crippen LogP contribution is -2.36. The molecule has 1 aromatic rings. The fraction of sp³-hybridized carbons (Fsp3) is 0.571. The van der Waals surface area contributed by atoms with E-state index in [2.05, 4.69) is 4.90 Å². The number of hydrogen-bond acceptors (Lipinski definition) is 5. The van der Waals surface area contributed by atoms with Crippen molar-refractivity contribution < 1.29 is 9.66 Å². The molecule has 2 rings (SSSR count). The van der Waals surface area contributed by atoms with Crippen LogP contribution in [0.5, 0.6) is 5.75 Å². The van der Waals surface area contributed by atoms with Crippen LogP contribution in [0.3, 0.4) is 0 Å². The zero-order valence-corrected chi connectivity index (χ0v) is 11.7. The zero-order valence-electron chi connectivity index (χ0n) is 11.7. The van der Waals surface area contributed by atoms with E-state index in [0.29, 0.717) is 23.9 Å². The van der Waals surface area contributed by atoms with E-state index in [-0.39, 0.29) is 10.6 Å². The summed E-state index contributed by atoms with van der Waals surface area (Å²) >= 11 is 0. The quantitative estimate of drug-likeness (QED) is 0.660. The van der Waals surface area contributed by atoms with Crippen LogP contribution in [-0.4, -0.2) is 31.7 Å². The van der Waals surface area contributed by atoms with E-state index in [1.807, 2.05) is 0 Å². The zero-order chi connectivity index (χ0) is 14.5. The number of benzene rings is 1. The van der Waals surface area contributed by atoms with Gasteiger partial charge in [-0.05, 0) is 43.9 Å². The number of nitro groups is 1. The summed E-state index contributed by atoms with van der Waals surface area (Å²) in [7, 11) is 1.51. The number of ether oxygens (including phenoxy) is 1. The minimum atomic E-state index is -0.343. The molecule has 0 spiro atoms. The highest BCUT2D eigenvalue weighted by molar-refractivity contribution is 5.65. The number of rotatable bonds is 5. The molecule has 1 aromatic carbocycles. The van der Waals surface area contributed by atoms with E-state index in [9.17, 15) is 10.1 Å². The molecule has 1 aliphatic heterocycles. The molecule has 0 aromatic heterocycles. The minimum Gasteiger partial charge on any atom is -0.496 e. The molecule has 0 saturated carbocycles. The van der Waals surface area contributed by atoms with Gasteiger partial charge in [0.15, 0.2) is 0 Å². The van der Waals surface area contributed by atoms with Gasteiger partial charge in [-0.15, -0.1) is 0 Å². The number of nitro benzene ring substituents is 1. The fourth-order valence-electron chi connectivity index (χ4n) is 2.80. The predicted molar refractivity (Wildman–Crippen MR) is 78.3 cm³/mol. The molecular formula is C14H21N3O3. The van der Waals surface area contributed by atoms with E-state index < -0.39 is 0 Å². The molecule has 1 heterocycles. The van der Waals surface area contributed by atoms with Gasteiger partial charge >= 0.3 is 0 Å². The monoisotopic (exact) mass is 279 g/mol. The van der Waals surface area contributed by atoms with E-state index in [0.717, 1.165) is 32.4 Å². The second-order valence-corrected chi connectivity index (χ2v) is 5.14. The Morgan fingerprint density at radius 3 is 3.00 bits per heavy atom. The highest BCUT2D eigenvalue weighted by Crippen LogP contribution is 2.34. The topological polar surface area (TPSA) is 81.6 Å². The molecule has 2 N–H and O–H groups in total. The molecule has 0 bridgehead atoms. The lowest BCUT2D eigenvalue weighted by Gasteiger charge is -2.34. The van der Waals surface area contributed by atoms with Crippen LogP contribution in [0.15, 0.2) is 18.2 Å². The molecule has 1 atom stereocenters. The van der Waals surface area contributed by atoms with Gasteiger partial charge in [-0.2, -0.15) is 0 Å². The van der Waals surface area contributed by atoms with Crippen LogP contribution in [0, 0.1) is 16.0 Å². The van der Waals surface area contributed by atoms with Gasteiger partial charge in [-0.3, -0.25) is 10.1 Å². The summed E-state index contributed by atoms with van der Waals surface area (Å²) in [5.41, 5.74) is 6.40. The van der Waals surface area contributed by atoms with Gasteiger partial charge in [0, 0.05) is 13.1 Å². The van der Waals surface area contributed by atoms with Crippen LogP contribution in [0.1, 0.15) is 19.3 Å². The Balaban J connectivity index is 2.24. The normalized spacial score (nSPS) is 18.9. The molecule has 0 radical (unpaired) electrons. The second kappa shape index (κ2) is 6.56. The highest BCUT2D eigenvalue weighted by Gasteiger charge is 2.25. The average Bonchev–Trinajstić information content (AvgIpc) is 2.47. The summed E-state index contributed by atoms with van der Waals surface area (Å²) in [6, 6.07) is 5.04. The Morgan fingerprint density at radius 2 is 2.35 bits per heavy atom. The number of nitrogens with zero attached hydrogens (tertiary/aromatic N) is 2. The standard InChI is InChI=1S/C14H21N3O3/c1-20-12-4-5-13(14(9-12)17(18)19)16-8-2-3-11(10-16)6-7-15/h4-5,9,11H,2-3,6-8,10,15H2,1H3. The molecule has 1 fully saturated rings. The van der Waals surface area contributed by atoms with Gasteiger partial charge in [0.1, 0.15) is 11.4 Å². The molecule has 110 valence electrons. The third kappa shape index (κ3) is 3.19. The van der Waals surface area contributed by atoms with Crippen molar-refractivity contribution in [3.8, 4) is 5.75 Å². The molecule has 0 aliphatic carbocycles. The fourth-order valence-corrected chi connectivity index (χ4v) is 2.80. The maximum Gasteiger partial charge on any atom is 0.296 e. The van der Waals surface area contributed by atoms with Gasteiger partial charge in [0.2, 0.25) is 0 Å². The van der Waals surface area contributed by atoms with Crippen molar-refractivity contribution in [3.63, 3.8) is 0 Å². The van der Waals surface area contributed by atoms with Gasteiger partial charge in [0.25, 0.3) is 5.69 Å². The van der Waals surface area contributed by atoms with Crippen molar-refractivity contribution >= 4 is 11.4 Å². The average molecular weight is 279 g/mol. The Kier molecular flexibility index (Phi) is 4.79. The number of methoxy groups -OCH3 is 1. The van der Waals surface area contributed by atoms with E-state index in [4.69, 9.17) is 10.5 Å². The maximum absolute atomic E-state index is 11.2. The largest absolute Gasteiger partial charge is 0.496 e. The Morgan fingerprint density at radius 1 is 1.55 bits per heavy atom. The van der Waals surface area contributed by atoms with Crippen molar-refractivity contribution in [1.82, 2.24) is 0 Å². The lowest BCUT2D eigenvalue weighted by atomic mass is 9.94. The summed E-state index contributed by atoms with van der Waals surface area (Å²) in [4.78, 5) is 13.0. The van der Waals surface area contributed by atoms with Crippen LogP contribution in [0.2, 0.25) is 0 Å². The summed E-state index contributed by atoms with van der Waals surface area (Å²) in [6.45, 7) is 2.36. The Labute approximate surface area is 118 Å². The van der Waals surface area contributed by atoms with E-state index in [1.165, 1.54) is 13.2 Å². The summed E-state index contributed by atoms with van der Waals surface area (Å²) in [5, 5.41) is 11.2. The van der Waals surface area contributed by atoms with Gasteiger partial charge in [0.05, 0.1) is 18.1 Å². The Bertz CT molecular complexity index is 477. The summed E-state index contributed by atoms with van der Waals surface area (Å²) in [6.07, 6.45) is 3.17. The van der Waals surface area contributed by atoms with Gasteiger partial charge < -0.3 is 15.4 Å². The van der Waals surface area contributed by atoms with Crippen molar-refractivity contribution in [3.05, 3.63) is 28.3 Å². The predicted octanol–water partition coefficient (Wildman–Crippen LogP) is 2.17. The maximum atomic E-state index is 11.2. The molecule has 20 heavy (non-hydrogen) atoms. The highest BCUT2D eigenvalue weighted by atomic mass is 16.6. The first-order valence-corrected chi connectivity index (χ1v) is 6.93. The number of anilines is 1. The molecule has 0 amide bonds. The van der Waals surface area contributed by atoms with Crippen molar-refractivity contribution in [1.29, 1.82) is 0 Å². The molecule has 1 unspecified atom stereocenters. The first kappa shape index (κ1) is 14.6. The van der Waals surface area contributed by atoms with Crippen molar-refractivity contribution in [2.24, 2.45) is 11.7 Å². The van der Waals surface area contributed by atoms with Crippen LogP contribution in [0.4, 0.5) is 11.4 Å². The number of piperidine rings is 1. The third-order valence-corrected chi connectivity index (χ3v) is 3.81. The van der Waals surface area contributed by atoms with Crippen LogP contribution in [-0.2, 0) is 0 Å². The number of hydrogen-bond donors (Lipinski definition) is 1. The van der Waals surface area contributed by atoms with Crippen LogP contribution < -0.4 is 15.4 Å². The lowest BCUT2D eigenvalue weighted by molar-refractivity contribution is -0.384. The van der Waals surface area contributed by atoms with E-state index in [1.54, 1.807) is 12.1 Å². The minimum absolute atomic E-state index is 0.109. The number of nitrogens with two attached hydrogens (primary N) is 1. The molecule has 1 aliphatic rings. The van der Waals surface area contributed by atoms with Crippen LogP contribution in [0.25, 0.3) is 0 Å². The van der Waals surface area contributed by atoms with Gasteiger partial charge in [-0.1, -0.05) is 0 Å². The molecular weight excluding hydrogens is 258 g/mol. The first-order valence-electron chi connectivity index (χ1n) is 6.93. The Hall–Kier alpha value is -1.82. The SMILES string of the molecule is COc1ccc(N2CCCC(CCN)C2)c([N+](=O)[O-])c1. The van der Waals surface area contributed by atoms with Crippen molar-refractivity contribution in [2.45, 2.75) is 19.3 Å². The second-order valence-electron chi connectivity index (χ2n) is 5.14. The van der Waals surface area contributed by atoms with Crippen molar-refractivity contribution in [2.75, 3.05) is 31.6 Å². The molecule has 1 saturated heterocycles. The van der Waals surface area contributed by atoms with Gasteiger partial charge in [-0.25, -0.2) is 0 Å². The molecule has 6 heteroatoms. The first-order chi connectivity index (χ1) is 9.65. The summed E-state index contributed by atoms with van der Waals surface area (Å²) in [5.74, 6) is 1.03. The smallest absolute Gasteiger partial charge is 0.296 e. The molecule has 6 nitrogen and oxygen atoms in total.